The first-order valence-electron chi connectivity index (χ1n) is 5.33. The Bertz CT molecular complexity index is 557. The van der Waals surface area contributed by atoms with Crippen molar-refractivity contribution >= 4 is 62.8 Å². The van der Waals surface area contributed by atoms with Crippen molar-refractivity contribution in [3.05, 3.63) is 38.7 Å². The summed E-state index contributed by atoms with van der Waals surface area (Å²) in [5.41, 5.74) is 2.32. The van der Waals surface area contributed by atoms with E-state index in [-0.39, 0.29) is 17.0 Å². The van der Waals surface area contributed by atoms with Crippen LogP contribution in [0.2, 0.25) is 10.0 Å². The van der Waals surface area contributed by atoms with Gasteiger partial charge in [-0.05, 0) is 19.1 Å². The molecule has 0 fully saturated rings. The van der Waals surface area contributed by atoms with Crippen molar-refractivity contribution in [1.82, 2.24) is 4.90 Å². The SMILES string of the molecule is Br.CC1=C(c2ccc(Cl)c(Cl)c2)N2CCN=C2S1. The molecular weight excluding hydrogens is 355 g/mol. The standard InChI is InChI=1S/C12H10Cl2N2S.BrH/c1-7-11(16-5-4-15-12(16)17-7)8-2-3-9(13)10(14)6-8;/h2-3,6H,4-5H2,1H3;1H. The maximum atomic E-state index is 6.07. The Balaban J connectivity index is 0.00000120. The van der Waals surface area contributed by atoms with Gasteiger partial charge in [-0.1, -0.05) is 41.0 Å². The molecule has 0 spiro atoms. The maximum absolute atomic E-state index is 6.07. The summed E-state index contributed by atoms with van der Waals surface area (Å²) in [7, 11) is 0. The summed E-state index contributed by atoms with van der Waals surface area (Å²) < 4.78 is 0. The van der Waals surface area contributed by atoms with Gasteiger partial charge in [0, 0.05) is 17.0 Å². The highest BCUT2D eigenvalue weighted by Gasteiger charge is 2.30. The topological polar surface area (TPSA) is 15.6 Å². The monoisotopic (exact) mass is 364 g/mol. The Labute approximate surface area is 131 Å². The van der Waals surface area contributed by atoms with Crippen LogP contribution in [-0.2, 0) is 0 Å². The fourth-order valence-electron chi connectivity index (χ4n) is 2.10. The number of allylic oxidation sites excluding steroid dienone is 1. The van der Waals surface area contributed by atoms with Gasteiger partial charge in [-0.2, -0.15) is 0 Å². The van der Waals surface area contributed by atoms with Crippen LogP contribution in [0.4, 0.5) is 0 Å². The van der Waals surface area contributed by atoms with Gasteiger partial charge in [-0.15, -0.1) is 17.0 Å². The average molecular weight is 366 g/mol. The predicted molar refractivity (Wildman–Crippen MR) is 86.0 cm³/mol. The molecule has 96 valence electrons. The summed E-state index contributed by atoms with van der Waals surface area (Å²) in [6, 6.07) is 5.77. The summed E-state index contributed by atoms with van der Waals surface area (Å²) in [4.78, 5) is 7.98. The van der Waals surface area contributed by atoms with E-state index in [0.717, 1.165) is 23.8 Å². The summed E-state index contributed by atoms with van der Waals surface area (Å²) in [5.74, 6) is 0. The molecule has 2 nitrogen and oxygen atoms in total. The first kappa shape index (κ1) is 14.3. The van der Waals surface area contributed by atoms with Crippen molar-refractivity contribution in [2.24, 2.45) is 4.99 Å². The number of rotatable bonds is 1. The van der Waals surface area contributed by atoms with E-state index in [4.69, 9.17) is 23.2 Å². The minimum Gasteiger partial charge on any atom is -0.318 e. The van der Waals surface area contributed by atoms with Crippen molar-refractivity contribution in [2.45, 2.75) is 6.92 Å². The van der Waals surface area contributed by atoms with E-state index in [1.54, 1.807) is 11.8 Å². The zero-order valence-corrected chi connectivity index (χ0v) is 13.7. The average Bonchev–Trinajstić information content (AvgIpc) is 2.82. The van der Waals surface area contributed by atoms with Crippen LogP contribution in [-0.4, -0.2) is 23.2 Å². The number of halogens is 3. The molecule has 0 unspecified atom stereocenters. The fourth-order valence-corrected chi connectivity index (χ4v) is 3.44. The summed E-state index contributed by atoms with van der Waals surface area (Å²) in [6.45, 7) is 3.94. The van der Waals surface area contributed by atoms with Crippen LogP contribution in [0.3, 0.4) is 0 Å². The molecule has 0 bridgehead atoms. The summed E-state index contributed by atoms with van der Waals surface area (Å²) in [5, 5.41) is 2.29. The van der Waals surface area contributed by atoms with E-state index in [1.807, 2.05) is 18.2 Å². The number of amidine groups is 1. The lowest BCUT2D eigenvalue weighted by molar-refractivity contribution is 0.648. The zero-order valence-electron chi connectivity index (χ0n) is 9.61. The number of hydrogen-bond donors (Lipinski definition) is 0. The molecule has 3 rings (SSSR count). The molecule has 18 heavy (non-hydrogen) atoms. The Hall–Kier alpha value is -0.160. The number of thioether (sulfide) groups is 1. The maximum Gasteiger partial charge on any atom is 0.168 e. The number of hydrogen-bond acceptors (Lipinski definition) is 3. The van der Waals surface area contributed by atoms with Gasteiger partial charge in [0.2, 0.25) is 0 Å². The van der Waals surface area contributed by atoms with Crippen molar-refractivity contribution < 1.29 is 0 Å². The highest BCUT2D eigenvalue weighted by Crippen LogP contribution is 2.42. The van der Waals surface area contributed by atoms with Crippen molar-refractivity contribution in [3.8, 4) is 0 Å². The van der Waals surface area contributed by atoms with Crippen LogP contribution in [0.25, 0.3) is 5.70 Å². The molecule has 0 radical (unpaired) electrons. The van der Waals surface area contributed by atoms with Crippen LogP contribution < -0.4 is 0 Å². The van der Waals surface area contributed by atoms with Gasteiger partial charge in [0.15, 0.2) is 5.17 Å². The van der Waals surface area contributed by atoms with Gasteiger partial charge < -0.3 is 4.90 Å². The van der Waals surface area contributed by atoms with Crippen molar-refractivity contribution in [3.63, 3.8) is 0 Å². The predicted octanol–water partition coefficient (Wildman–Crippen LogP) is 4.68. The number of aliphatic imine (C=N–C) groups is 1. The molecule has 0 amide bonds. The molecule has 2 heterocycles. The van der Waals surface area contributed by atoms with Crippen LogP contribution in [0.15, 0.2) is 28.1 Å². The van der Waals surface area contributed by atoms with Gasteiger partial charge in [-0.25, -0.2) is 0 Å². The molecule has 6 heteroatoms. The van der Waals surface area contributed by atoms with Gasteiger partial charge in [0.1, 0.15) is 0 Å². The largest absolute Gasteiger partial charge is 0.318 e. The van der Waals surface area contributed by atoms with Crippen molar-refractivity contribution in [1.29, 1.82) is 0 Å². The molecule has 0 N–H and O–H groups in total. The minimum atomic E-state index is 0. The summed E-state index contributed by atoms with van der Waals surface area (Å²) >= 11 is 13.7. The van der Waals surface area contributed by atoms with E-state index in [1.165, 1.54) is 10.6 Å². The highest BCUT2D eigenvalue weighted by molar-refractivity contribution is 8.93. The zero-order chi connectivity index (χ0) is 12.0. The highest BCUT2D eigenvalue weighted by atomic mass is 79.9. The van der Waals surface area contributed by atoms with Gasteiger partial charge in [-0.3, -0.25) is 4.99 Å². The molecular formula is C12H11BrCl2N2S. The van der Waals surface area contributed by atoms with Gasteiger partial charge >= 0.3 is 0 Å². The molecule has 2 aliphatic rings. The van der Waals surface area contributed by atoms with E-state index < -0.39 is 0 Å². The molecule has 1 aromatic rings. The van der Waals surface area contributed by atoms with E-state index >= 15 is 0 Å². The van der Waals surface area contributed by atoms with Crippen LogP contribution >= 0.6 is 51.9 Å². The van der Waals surface area contributed by atoms with Gasteiger partial charge in [0.25, 0.3) is 0 Å². The molecule has 0 saturated heterocycles. The van der Waals surface area contributed by atoms with Crippen LogP contribution in [0, 0.1) is 0 Å². The number of benzene rings is 1. The van der Waals surface area contributed by atoms with Crippen LogP contribution in [0.5, 0.6) is 0 Å². The second-order valence-corrected chi connectivity index (χ2v) is 5.95. The van der Waals surface area contributed by atoms with E-state index in [0.29, 0.717) is 10.0 Å². The third-order valence-corrected chi connectivity index (χ3v) is 4.61. The molecule has 0 saturated carbocycles. The minimum absolute atomic E-state index is 0. The Kier molecular flexibility index (Phi) is 4.32. The quantitative estimate of drug-likeness (QED) is 0.718. The Morgan fingerprint density at radius 3 is 2.78 bits per heavy atom. The second kappa shape index (κ2) is 5.45. The third-order valence-electron chi connectivity index (χ3n) is 2.84. The molecule has 0 aromatic heterocycles. The van der Waals surface area contributed by atoms with Gasteiger partial charge in [0.05, 0.1) is 22.3 Å². The second-order valence-electron chi connectivity index (χ2n) is 3.95. The molecule has 1 aromatic carbocycles. The Morgan fingerprint density at radius 2 is 2.06 bits per heavy atom. The lowest BCUT2D eigenvalue weighted by atomic mass is 10.1. The van der Waals surface area contributed by atoms with Crippen molar-refractivity contribution in [2.75, 3.05) is 13.1 Å². The first-order chi connectivity index (χ1) is 8.16. The molecule has 0 aliphatic carbocycles. The lowest BCUT2D eigenvalue weighted by Gasteiger charge is -2.17. The third kappa shape index (κ3) is 2.31. The first-order valence-corrected chi connectivity index (χ1v) is 6.90. The fraction of sp³-hybridized carbons (Fsp3) is 0.250. The smallest absolute Gasteiger partial charge is 0.168 e. The van der Waals surface area contributed by atoms with Crippen LogP contribution in [0.1, 0.15) is 12.5 Å². The van der Waals surface area contributed by atoms with E-state index in [2.05, 4.69) is 16.8 Å². The normalized spacial score (nSPS) is 17.7. The van der Waals surface area contributed by atoms with E-state index in [9.17, 15) is 0 Å². The number of fused-ring (bicyclic) bond motifs is 1. The lowest BCUT2D eigenvalue weighted by Crippen LogP contribution is -2.19. The molecule has 2 aliphatic heterocycles. The molecule has 0 atom stereocenters. The summed E-state index contributed by atoms with van der Waals surface area (Å²) in [6.07, 6.45) is 0. The number of nitrogens with zero attached hydrogens (tertiary/aromatic N) is 2. The Morgan fingerprint density at radius 1 is 1.28 bits per heavy atom.